The van der Waals surface area contributed by atoms with Gasteiger partial charge in [0.1, 0.15) is 0 Å². The van der Waals surface area contributed by atoms with Crippen molar-refractivity contribution in [1.29, 1.82) is 0 Å². The molecule has 0 N–H and O–H groups in total. The Balaban J connectivity index is 2.04. The molecule has 1 aliphatic rings. The monoisotopic (exact) mass is 213 g/mol. The Morgan fingerprint density at radius 1 is 1.40 bits per heavy atom. The van der Waals surface area contributed by atoms with Crippen LogP contribution in [-0.2, 0) is 0 Å². The van der Waals surface area contributed by atoms with Gasteiger partial charge in [-0.1, -0.05) is 0 Å². The van der Waals surface area contributed by atoms with Crippen LogP contribution in [0.1, 0.15) is 12.1 Å². The van der Waals surface area contributed by atoms with E-state index in [9.17, 15) is 8.78 Å². The molecule has 1 atom stereocenters. The number of aromatic nitrogens is 2. The van der Waals surface area contributed by atoms with Gasteiger partial charge in [0.25, 0.3) is 0 Å². The molecular weight excluding hydrogens is 200 g/mol. The number of halogens is 2. The summed E-state index contributed by atoms with van der Waals surface area (Å²) in [6.45, 7) is 2.88. The quantitative estimate of drug-likeness (QED) is 0.751. The number of hydrogen-bond donors (Lipinski definition) is 0. The third-order valence-electron chi connectivity index (χ3n) is 2.69. The minimum Gasteiger partial charge on any atom is -0.355 e. The van der Waals surface area contributed by atoms with Crippen LogP contribution in [0.2, 0.25) is 0 Å². The lowest BCUT2D eigenvalue weighted by Gasteiger charge is -2.16. The third kappa shape index (κ3) is 2.22. The second-order valence-electron chi connectivity index (χ2n) is 3.86. The van der Waals surface area contributed by atoms with Crippen molar-refractivity contribution in [3.8, 4) is 0 Å². The van der Waals surface area contributed by atoms with Gasteiger partial charge >= 0.3 is 0 Å². The Morgan fingerprint density at radius 2 is 2.20 bits per heavy atom. The number of anilines is 1. The molecule has 15 heavy (non-hydrogen) atoms. The lowest BCUT2D eigenvalue weighted by Crippen LogP contribution is -2.23. The van der Waals surface area contributed by atoms with Crippen molar-refractivity contribution in [3.63, 3.8) is 0 Å². The molecule has 0 aromatic carbocycles. The third-order valence-corrected chi connectivity index (χ3v) is 2.69. The van der Waals surface area contributed by atoms with Crippen molar-refractivity contribution in [2.75, 3.05) is 18.0 Å². The summed E-state index contributed by atoms with van der Waals surface area (Å²) >= 11 is 0. The number of rotatable bonds is 2. The average Bonchev–Trinajstić information content (AvgIpc) is 2.68. The van der Waals surface area contributed by atoms with Gasteiger partial charge < -0.3 is 4.90 Å². The normalized spacial score (nSPS) is 21.3. The summed E-state index contributed by atoms with van der Waals surface area (Å²) in [5, 5.41) is 7.90. The van der Waals surface area contributed by atoms with Crippen LogP contribution < -0.4 is 4.90 Å². The molecule has 1 aromatic rings. The molecule has 1 fully saturated rings. The van der Waals surface area contributed by atoms with Gasteiger partial charge in [-0.25, -0.2) is 8.78 Å². The molecule has 1 unspecified atom stereocenters. The van der Waals surface area contributed by atoms with E-state index in [1.54, 1.807) is 0 Å². The van der Waals surface area contributed by atoms with Crippen molar-refractivity contribution in [2.24, 2.45) is 5.92 Å². The molecule has 0 saturated carbocycles. The summed E-state index contributed by atoms with van der Waals surface area (Å²) in [5.74, 6) is 0.178. The molecule has 0 amide bonds. The average molecular weight is 213 g/mol. The topological polar surface area (TPSA) is 29.0 Å². The number of aryl methyl sites for hydroxylation is 1. The summed E-state index contributed by atoms with van der Waals surface area (Å²) in [6.07, 6.45) is -1.69. The molecular formula is C10H13F2N3. The van der Waals surface area contributed by atoms with E-state index >= 15 is 0 Å². The second-order valence-corrected chi connectivity index (χ2v) is 3.86. The van der Waals surface area contributed by atoms with Crippen LogP contribution in [0.4, 0.5) is 14.6 Å². The van der Waals surface area contributed by atoms with Gasteiger partial charge in [0, 0.05) is 19.0 Å². The Kier molecular flexibility index (Phi) is 2.79. The summed E-state index contributed by atoms with van der Waals surface area (Å²) < 4.78 is 24.9. The Labute approximate surface area is 87.1 Å². The van der Waals surface area contributed by atoms with Crippen LogP contribution in [0.25, 0.3) is 0 Å². The first-order chi connectivity index (χ1) is 7.16. The van der Waals surface area contributed by atoms with Gasteiger partial charge in [0.2, 0.25) is 6.43 Å². The standard InChI is InChI=1S/C10H13F2N3/c1-7-2-3-9(14-13-7)15-5-4-8(6-15)10(11)12/h2-3,8,10H,4-6H2,1H3. The van der Waals surface area contributed by atoms with Crippen LogP contribution in [-0.4, -0.2) is 29.7 Å². The van der Waals surface area contributed by atoms with Crippen molar-refractivity contribution in [3.05, 3.63) is 17.8 Å². The summed E-state index contributed by atoms with van der Waals surface area (Å²) in [5.41, 5.74) is 0.836. The minimum atomic E-state index is -2.23. The SMILES string of the molecule is Cc1ccc(N2CCC(C(F)F)C2)nn1. The molecule has 1 aromatic heterocycles. The fourth-order valence-electron chi connectivity index (χ4n) is 1.76. The summed E-state index contributed by atoms with van der Waals surface area (Å²) in [4.78, 5) is 1.86. The maximum Gasteiger partial charge on any atom is 0.243 e. The number of nitrogens with zero attached hydrogens (tertiary/aromatic N) is 3. The van der Waals surface area contributed by atoms with Crippen molar-refractivity contribution < 1.29 is 8.78 Å². The molecule has 1 saturated heterocycles. The van der Waals surface area contributed by atoms with Crippen molar-refractivity contribution in [1.82, 2.24) is 10.2 Å². The lowest BCUT2D eigenvalue weighted by molar-refractivity contribution is 0.0880. The molecule has 0 radical (unpaired) electrons. The van der Waals surface area contributed by atoms with Crippen molar-refractivity contribution in [2.45, 2.75) is 19.8 Å². The predicted molar refractivity (Wildman–Crippen MR) is 53.1 cm³/mol. The maximum absolute atomic E-state index is 12.4. The second kappa shape index (κ2) is 4.08. The highest BCUT2D eigenvalue weighted by atomic mass is 19.3. The van der Waals surface area contributed by atoms with E-state index < -0.39 is 12.3 Å². The van der Waals surface area contributed by atoms with Gasteiger partial charge in [-0.3, -0.25) is 0 Å². The number of alkyl halides is 2. The smallest absolute Gasteiger partial charge is 0.243 e. The van der Waals surface area contributed by atoms with E-state index in [1.165, 1.54) is 0 Å². The van der Waals surface area contributed by atoms with Gasteiger partial charge in [-0.15, -0.1) is 5.10 Å². The highest BCUT2D eigenvalue weighted by Gasteiger charge is 2.30. The van der Waals surface area contributed by atoms with Gasteiger partial charge in [0.05, 0.1) is 5.69 Å². The molecule has 2 rings (SSSR count). The molecule has 2 heterocycles. The summed E-state index contributed by atoms with van der Waals surface area (Å²) in [6, 6.07) is 3.67. The van der Waals surface area contributed by atoms with E-state index in [4.69, 9.17) is 0 Å². The Hall–Kier alpha value is -1.26. The Morgan fingerprint density at radius 3 is 2.73 bits per heavy atom. The molecule has 0 bridgehead atoms. The maximum atomic E-state index is 12.4. The fraction of sp³-hybridized carbons (Fsp3) is 0.600. The van der Waals surface area contributed by atoms with E-state index in [1.807, 2.05) is 24.0 Å². The highest BCUT2D eigenvalue weighted by Crippen LogP contribution is 2.25. The van der Waals surface area contributed by atoms with E-state index in [2.05, 4.69) is 10.2 Å². The van der Waals surface area contributed by atoms with Gasteiger partial charge in [-0.05, 0) is 25.5 Å². The van der Waals surface area contributed by atoms with E-state index in [0.717, 1.165) is 5.69 Å². The molecule has 5 heteroatoms. The summed E-state index contributed by atoms with van der Waals surface area (Å²) in [7, 11) is 0. The molecule has 3 nitrogen and oxygen atoms in total. The lowest BCUT2D eigenvalue weighted by atomic mass is 10.1. The van der Waals surface area contributed by atoms with Crippen LogP contribution in [0, 0.1) is 12.8 Å². The van der Waals surface area contributed by atoms with Crippen LogP contribution in [0.3, 0.4) is 0 Å². The van der Waals surface area contributed by atoms with Gasteiger partial charge in [0.15, 0.2) is 5.82 Å². The van der Waals surface area contributed by atoms with Crippen LogP contribution >= 0.6 is 0 Å². The molecule has 1 aliphatic heterocycles. The Bertz CT molecular complexity index is 326. The zero-order chi connectivity index (χ0) is 10.8. The first kappa shape index (κ1) is 10.3. The highest BCUT2D eigenvalue weighted by molar-refractivity contribution is 5.38. The largest absolute Gasteiger partial charge is 0.355 e. The zero-order valence-electron chi connectivity index (χ0n) is 8.53. The van der Waals surface area contributed by atoms with Gasteiger partial charge in [-0.2, -0.15) is 5.10 Å². The zero-order valence-corrected chi connectivity index (χ0v) is 8.53. The van der Waals surface area contributed by atoms with Crippen LogP contribution in [0.15, 0.2) is 12.1 Å². The number of hydrogen-bond acceptors (Lipinski definition) is 3. The first-order valence-electron chi connectivity index (χ1n) is 5.00. The molecule has 82 valence electrons. The van der Waals surface area contributed by atoms with E-state index in [-0.39, 0.29) is 0 Å². The van der Waals surface area contributed by atoms with E-state index in [0.29, 0.717) is 25.3 Å². The van der Waals surface area contributed by atoms with Crippen molar-refractivity contribution >= 4 is 5.82 Å². The molecule has 0 spiro atoms. The van der Waals surface area contributed by atoms with Crippen LogP contribution in [0.5, 0.6) is 0 Å². The predicted octanol–water partition coefficient (Wildman–Crippen LogP) is 1.88. The molecule has 0 aliphatic carbocycles. The fourth-order valence-corrected chi connectivity index (χ4v) is 1.76. The minimum absolute atomic E-state index is 0.384. The first-order valence-corrected chi connectivity index (χ1v) is 5.00.